The van der Waals surface area contributed by atoms with Crippen LogP contribution in [0.2, 0.25) is 0 Å². The molecule has 4 rings (SSSR count). The predicted molar refractivity (Wildman–Crippen MR) is 97.7 cm³/mol. The second-order valence-corrected chi connectivity index (χ2v) is 6.55. The van der Waals surface area contributed by atoms with Gasteiger partial charge in [0.25, 0.3) is 5.91 Å². The number of pyridine rings is 1. The van der Waals surface area contributed by atoms with Crippen LogP contribution in [-0.2, 0) is 0 Å². The first kappa shape index (κ1) is 15.6. The van der Waals surface area contributed by atoms with Crippen molar-refractivity contribution in [3.8, 4) is 5.75 Å². The van der Waals surface area contributed by atoms with Crippen LogP contribution in [0, 0.1) is 0 Å². The van der Waals surface area contributed by atoms with Crippen molar-refractivity contribution >= 4 is 16.7 Å². The third-order valence-corrected chi connectivity index (χ3v) is 5.02. The number of likely N-dealkylation sites (tertiary alicyclic amines) is 1. The molecule has 4 heteroatoms. The van der Waals surface area contributed by atoms with Crippen molar-refractivity contribution in [1.82, 2.24) is 9.88 Å². The SMILES string of the molecule is O=C(c1ccc2ccccc2c1O)N1CCCC(c2ccncc2)C1. The molecule has 126 valence electrons. The van der Waals surface area contributed by atoms with Crippen molar-refractivity contribution < 1.29 is 9.90 Å². The molecule has 0 saturated carbocycles. The predicted octanol–water partition coefficient (Wildman–Crippen LogP) is 3.96. The molecule has 1 atom stereocenters. The number of amides is 1. The molecule has 1 aliphatic rings. The number of aromatic nitrogens is 1. The Hall–Kier alpha value is -2.88. The average molecular weight is 332 g/mol. The first-order valence-corrected chi connectivity index (χ1v) is 8.64. The number of hydrogen-bond donors (Lipinski definition) is 1. The summed E-state index contributed by atoms with van der Waals surface area (Å²) in [6.45, 7) is 1.40. The van der Waals surface area contributed by atoms with Gasteiger partial charge in [-0.05, 0) is 42.0 Å². The molecule has 0 bridgehead atoms. The van der Waals surface area contributed by atoms with Crippen molar-refractivity contribution in [2.24, 2.45) is 0 Å². The van der Waals surface area contributed by atoms with Crippen LogP contribution in [0.5, 0.6) is 5.75 Å². The standard InChI is InChI=1S/C21H20N2O2/c24-20-18-6-2-1-4-16(18)7-8-19(20)21(25)23-13-3-5-17(14-23)15-9-11-22-12-10-15/h1-2,4,6-12,17,24H,3,5,13-14H2. The van der Waals surface area contributed by atoms with Crippen LogP contribution in [0.1, 0.15) is 34.7 Å². The number of phenolic OH excluding ortho intramolecular Hbond substituents is 1. The van der Waals surface area contributed by atoms with E-state index in [1.165, 1.54) is 5.56 Å². The second-order valence-electron chi connectivity index (χ2n) is 6.55. The lowest BCUT2D eigenvalue weighted by Gasteiger charge is -2.33. The number of carbonyl (C=O) groups excluding carboxylic acids is 1. The lowest BCUT2D eigenvalue weighted by atomic mass is 9.91. The monoisotopic (exact) mass is 332 g/mol. The number of fused-ring (bicyclic) bond motifs is 1. The van der Waals surface area contributed by atoms with Gasteiger partial charge in [0.2, 0.25) is 0 Å². The third kappa shape index (κ3) is 2.95. The summed E-state index contributed by atoms with van der Waals surface area (Å²) in [6, 6.07) is 15.2. The van der Waals surface area contributed by atoms with Gasteiger partial charge in [0, 0.05) is 36.8 Å². The summed E-state index contributed by atoms with van der Waals surface area (Å²) in [7, 11) is 0. The van der Waals surface area contributed by atoms with Crippen LogP contribution >= 0.6 is 0 Å². The first-order valence-electron chi connectivity index (χ1n) is 8.64. The highest BCUT2D eigenvalue weighted by Gasteiger charge is 2.27. The van der Waals surface area contributed by atoms with Gasteiger partial charge in [-0.15, -0.1) is 0 Å². The maximum atomic E-state index is 13.0. The maximum Gasteiger partial charge on any atom is 0.257 e. The highest BCUT2D eigenvalue weighted by Crippen LogP contribution is 2.32. The van der Waals surface area contributed by atoms with Crippen LogP contribution in [0.3, 0.4) is 0 Å². The fourth-order valence-electron chi connectivity index (χ4n) is 3.67. The average Bonchev–Trinajstić information content (AvgIpc) is 2.69. The number of phenols is 1. The summed E-state index contributed by atoms with van der Waals surface area (Å²) in [4.78, 5) is 18.9. The largest absolute Gasteiger partial charge is 0.506 e. The lowest BCUT2D eigenvalue weighted by Crippen LogP contribution is -2.39. The highest BCUT2D eigenvalue weighted by atomic mass is 16.3. The summed E-state index contributed by atoms with van der Waals surface area (Å²) in [6.07, 6.45) is 5.63. The lowest BCUT2D eigenvalue weighted by molar-refractivity contribution is 0.0704. The molecule has 0 radical (unpaired) electrons. The quantitative estimate of drug-likeness (QED) is 0.773. The third-order valence-electron chi connectivity index (χ3n) is 5.02. The first-order chi connectivity index (χ1) is 12.2. The van der Waals surface area contributed by atoms with Crippen molar-refractivity contribution in [2.45, 2.75) is 18.8 Å². The van der Waals surface area contributed by atoms with E-state index in [2.05, 4.69) is 4.98 Å². The summed E-state index contributed by atoms with van der Waals surface area (Å²) in [5.74, 6) is 0.305. The van der Waals surface area contributed by atoms with Gasteiger partial charge in [-0.3, -0.25) is 9.78 Å². The number of rotatable bonds is 2. The molecule has 1 N–H and O–H groups in total. The summed E-state index contributed by atoms with van der Waals surface area (Å²) in [5.41, 5.74) is 1.60. The minimum Gasteiger partial charge on any atom is -0.506 e. The molecule has 3 aromatic rings. The van der Waals surface area contributed by atoms with Gasteiger partial charge in [0.1, 0.15) is 5.75 Å². The molecule has 1 amide bonds. The molecule has 1 fully saturated rings. The van der Waals surface area contributed by atoms with E-state index in [9.17, 15) is 9.90 Å². The minimum atomic E-state index is -0.0954. The van der Waals surface area contributed by atoms with Gasteiger partial charge < -0.3 is 10.0 Å². The van der Waals surface area contributed by atoms with Gasteiger partial charge in [-0.25, -0.2) is 0 Å². The van der Waals surface area contributed by atoms with Gasteiger partial charge in [-0.2, -0.15) is 0 Å². The van der Waals surface area contributed by atoms with Crippen LogP contribution in [0.25, 0.3) is 10.8 Å². The summed E-state index contributed by atoms with van der Waals surface area (Å²) < 4.78 is 0. The van der Waals surface area contributed by atoms with Gasteiger partial charge in [-0.1, -0.05) is 30.3 Å². The van der Waals surface area contributed by atoms with Gasteiger partial charge in [0.15, 0.2) is 0 Å². The fourth-order valence-corrected chi connectivity index (χ4v) is 3.67. The van der Waals surface area contributed by atoms with Gasteiger partial charge in [0.05, 0.1) is 5.56 Å². The summed E-state index contributed by atoms with van der Waals surface area (Å²) in [5, 5.41) is 12.2. The molecule has 1 aromatic heterocycles. The Bertz CT molecular complexity index is 908. The number of carbonyl (C=O) groups is 1. The van der Waals surface area contributed by atoms with Crippen molar-refractivity contribution in [2.75, 3.05) is 13.1 Å². The van der Waals surface area contributed by atoms with E-state index in [0.717, 1.165) is 30.2 Å². The minimum absolute atomic E-state index is 0.0779. The van der Waals surface area contributed by atoms with E-state index < -0.39 is 0 Å². The molecule has 0 aliphatic carbocycles. The number of nitrogens with zero attached hydrogens (tertiary/aromatic N) is 2. The Morgan fingerprint density at radius 2 is 1.88 bits per heavy atom. The molecule has 25 heavy (non-hydrogen) atoms. The van der Waals surface area contributed by atoms with Crippen molar-refractivity contribution in [3.05, 3.63) is 72.1 Å². The molecule has 4 nitrogen and oxygen atoms in total. The molecule has 1 unspecified atom stereocenters. The zero-order chi connectivity index (χ0) is 17.2. The second kappa shape index (κ2) is 6.55. The molecule has 1 aliphatic heterocycles. The van der Waals surface area contributed by atoms with Crippen LogP contribution in [0.15, 0.2) is 60.9 Å². The molecule has 1 saturated heterocycles. The highest BCUT2D eigenvalue weighted by molar-refractivity contribution is 6.03. The fraction of sp³-hybridized carbons (Fsp3) is 0.238. The zero-order valence-electron chi connectivity index (χ0n) is 13.9. The van der Waals surface area contributed by atoms with Crippen LogP contribution in [-0.4, -0.2) is 34.0 Å². The van der Waals surface area contributed by atoms with E-state index in [1.807, 2.05) is 47.4 Å². The van der Waals surface area contributed by atoms with E-state index in [1.54, 1.807) is 18.5 Å². The van der Waals surface area contributed by atoms with Crippen molar-refractivity contribution in [3.63, 3.8) is 0 Å². The Kier molecular flexibility index (Phi) is 4.10. The smallest absolute Gasteiger partial charge is 0.257 e. The normalized spacial score (nSPS) is 17.6. The summed E-state index contributed by atoms with van der Waals surface area (Å²) >= 11 is 0. The Labute approximate surface area is 146 Å². The number of aromatic hydroxyl groups is 1. The number of benzene rings is 2. The van der Waals surface area contributed by atoms with E-state index >= 15 is 0 Å². The molecular weight excluding hydrogens is 312 g/mol. The Morgan fingerprint density at radius 1 is 1.08 bits per heavy atom. The number of piperidine rings is 1. The van der Waals surface area contributed by atoms with Crippen LogP contribution in [0.4, 0.5) is 0 Å². The van der Waals surface area contributed by atoms with Crippen molar-refractivity contribution in [1.29, 1.82) is 0 Å². The Morgan fingerprint density at radius 3 is 2.72 bits per heavy atom. The van der Waals surface area contributed by atoms with Gasteiger partial charge >= 0.3 is 0 Å². The zero-order valence-corrected chi connectivity index (χ0v) is 13.9. The molecule has 0 spiro atoms. The maximum absolute atomic E-state index is 13.0. The molecule has 2 aromatic carbocycles. The van der Waals surface area contributed by atoms with Crippen LogP contribution < -0.4 is 0 Å². The topological polar surface area (TPSA) is 53.4 Å². The van der Waals surface area contributed by atoms with E-state index in [4.69, 9.17) is 0 Å². The number of hydrogen-bond acceptors (Lipinski definition) is 3. The molecular formula is C21H20N2O2. The van der Waals surface area contributed by atoms with E-state index in [0.29, 0.717) is 18.0 Å². The van der Waals surface area contributed by atoms with E-state index in [-0.39, 0.29) is 11.7 Å². The molecule has 2 heterocycles. The Balaban J connectivity index is 1.61.